The lowest BCUT2D eigenvalue weighted by molar-refractivity contribution is -0.119. The van der Waals surface area contributed by atoms with Crippen LogP contribution in [0, 0.1) is 0 Å². The molecule has 7 nitrogen and oxygen atoms in total. The number of halogens is 1. The van der Waals surface area contributed by atoms with Crippen molar-refractivity contribution < 1.29 is 14.3 Å². The SMILES string of the molecule is COc1cc(C=NNc2nc(-c3ccccc3)cs2)cc(Cl)c1OCC(N)=O. The summed E-state index contributed by atoms with van der Waals surface area (Å²) in [5.41, 5.74) is 10.6. The summed E-state index contributed by atoms with van der Waals surface area (Å²) in [5, 5.41) is 7.08. The Bertz CT molecular complexity index is 992. The molecule has 3 aromatic rings. The number of nitrogens with one attached hydrogen (secondary N) is 1. The molecule has 28 heavy (non-hydrogen) atoms. The number of hydrogen-bond acceptors (Lipinski definition) is 7. The molecule has 0 unspecified atom stereocenters. The summed E-state index contributed by atoms with van der Waals surface area (Å²) in [6.45, 7) is -0.293. The Kier molecular flexibility index (Phi) is 6.46. The Morgan fingerprint density at radius 1 is 1.36 bits per heavy atom. The number of hydrazone groups is 1. The number of hydrogen-bond donors (Lipinski definition) is 2. The molecule has 0 saturated carbocycles. The van der Waals surface area contributed by atoms with Crippen molar-refractivity contribution in [1.82, 2.24) is 4.98 Å². The topological polar surface area (TPSA) is 98.8 Å². The van der Waals surface area contributed by atoms with Crippen LogP contribution >= 0.6 is 22.9 Å². The number of carbonyl (C=O) groups excluding carboxylic acids is 1. The summed E-state index contributed by atoms with van der Waals surface area (Å²) in [6, 6.07) is 13.2. The van der Waals surface area contributed by atoms with Gasteiger partial charge in [0.25, 0.3) is 5.91 Å². The van der Waals surface area contributed by atoms with Crippen LogP contribution in [0.25, 0.3) is 11.3 Å². The molecule has 0 aliphatic heterocycles. The third kappa shape index (κ3) is 4.99. The minimum atomic E-state index is -0.605. The molecule has 1 heterocycles. The maximum atomic E-state index is 10.9. The highest BCUT2D eigenvalue weighted by molar-refractivity contribution is 7.14. The highest BCUT2D eigenvalue weighted by atomic mass is 35.5. The number of thiazole rings is 1. The number of aromatic nitrogens is 1. The summed E-state index contributed by atoms with van der Waals surface area (Å²) in [6.07, 6.45) is 1.58. The van der Waals surface area contributed by atoms with E-state index in [1.54, 1.807) is 18.3 Å². The zero-order valence-corrected chi connectivity index (χ0v) is 16.5. The average molecular weight is 417 g/mol. The van der Waals surface area contributed by atoms with Crippen LogP contribution in [0.1, 0.15) is 5.56 Å². The predicted octanol–water partition coefficient (Wildman–Crippen LogP) is 3.78. The second-order valence-corrected chi connectivity index (χ2v) is 6.83. The van der Waals surface area contributed by atoms with E-state index in [1.165, 1.54) is 18.4 Å². The molecule has 3 N–H and O–H groups in total. The number of anilines is 1. The molecule has 0 atom stereocenters. The second kappa shape index (κ2) is 9.20. The third-order valence-corrected chi connectivity index (χ3v) is 4.59. The number of methoxy groups -OCH3 is 1. The molecule has 0 bridgehead atoms. The zero-order chi connectivity index (χ0) is 19.9. The molecule has 0 spiro atoms. The largest absolute Gasteiger partial charge is 0.493 e. The van der Waals surface area contributed by atoms with E-state index in [0.717, 1.165) is 11.3 Å². The van der Waals surface area contributed by atoms with Crippen molar-refractivity contribution >= 4 is 40.2 Å². The van der Waals surface area contributed by atoms with Crippen molar-refractivity contribution in [2.45, 2.75) is 0 Å². The van der Waals surface area contributed by atoms with Crippen LogP contribution in [0.15, 0.2) is 52.9 Å². The van der Waals surface area contributed by atoms with Gasteiger partial charge in [0.2, 0.25) is 5.13 Å². The summed E-state index contributed by atoms with van der Waals surface area (Å²) in [5.74, 6) is 0.0163. The first kappa shape index (κ1) is 19.7. The van der Waals surface area contributed by atoms with Gasteiger partial charge in [0.05, 0.1) is 24.0 Å². The van der Waals surface area contributed by atoms with Crippen molar-refractivity contribution in [3.63, 3.8) is 0 Å². The van der Waals surface area contributed by atoms with Gasteiger partial charge in [-0.2, -0.15) is 5.10 Å². The van der Waals surface area contributed by atoms with Crippen LogP contribution in [-0.4, -0.2) is 30.8 Å². The number of nitrogens with zero attached hydrogens (tertiary/aromatic N) is 2. The van der Waals surface area contributed by atoms with Crippen molar-refractivity contribution in [2.75, 3.05) is 19.1 Å². The lowest BCUT2D eigenvalue weighted by Crippen LogP contribution is -2.20. The Labute approximate surface area is 170 Å². The second-order valence-electron chi connectivity index (χ2n) is 5.56. The number of nitrogens with two attached hydrogens (primary N) is 1. The summed E-state index contributed by atoms with van der Waals surface area (Å²) >= 11 is 7.67. The molecule has 2 aromatic carbocycles. The van der Waals surface area contributed by atoms with E-state index < -0.39 is 5.91 Å². The number of benzene rings is 2. The maximum Gasteiger partial charge on any atom is 0.255 e. The van der Waals surface area contributed by atoms with E-state index >= 15 is 0 Å². The minimum Gasteiger partial charge on any atom is -0.493 e. The minimum absolute atomic E-state index is 0.250. The van der Waals surface area contributed by atoms with E-state index in [2.05, 4.69) is 15.5 Å². The fraction of sp³-hybridized carbons (Fsp3) is 0.105. The van der Waals surface area contributed by atoms with Gasteiger partial charge in [-0.25, -0.2) is 4.98 Å². The van der Waals surface area contributed by atoms with Crippen LogP contribution < -0.4 is 20.6 Å². The van der Waals surface area contributed by atoms with Gasteiger partial charge in [0, 0.05) is 10.9 Å². The smallest absolute Gasteiger partial charge is 0.255 e. The van der Waals surface area contributed by atoms with E-state index in [9.17, 15) is 4.79 Å². The van der Waals surface area contributed by atoms with E-state index in [1.807, 2.05) is 35.7 Å². The molecule has 3 rings (SSSR count). The van der Waals surface area contributed by atoms with Gasteiger partial charge in [-0.15, -0.1) is 11.3 Å². The van der Waals surface area contributed by atoms with Crippen LogP contribution in [0.4, 0.5) is 5.13 Å². The average Bonchev–Trinajstić information content (AvgIpc) is 3.16. The first-order valence-corrected chi connectivity index (χ1v) is 9.41. The Morgan fingerprint density at radius 3 is 2.86 bits per heavy atom. The molecule has 1 aromatic heterocycles. The van der Waals surface area contributed by atoms with Crippen molar-refractivity contribution in [1.29, 1.82) is 0 Å². The number of carbonyl (C=O) groups is 1. The number of amides is 1. The molecule has 1 amide bonds. The molecule has 9 heteroatoms. The maximum absolute atomic E-state index is 10.9. The van der Waals surface area contributed by atoms with Gasteiger partial charge in [-0.05, 0) is 17.7 Å². The molecule has 0 radical (unpaired) electrons. The number of ether oxygens (including phenoxy) is 2. The number of primary amides is 1. The van der Waals surface area contributed by atoms with Crippen LogP contribution in [0.3, 0.4) is 0 Å². The molecular formula is C19H17ClN4O3S. The first-order valence-electron chi connectivity index (χ1n) is 8.15. The van der Waals surface area contributed by atoms with Gasteiger partial charge in [-0.1, -0.05) is 41.9 Å². The van der Waals surface area contributed by atoms with Crippen molar-refractivity contribution in [3.05, 3.63) is 58.4 Å². The monoisotopic (exact) mass is 416 g/mol. The Balaban J connectivity index is 1.70. The van der Waals surface area contributed by atoms with Crippen LogP contribution in [0.5, 0.6) is 11.5 Å². The predicted molar refractivity (Wildman–Crippen MR) is 111 cm³/mol. The highest BCUT2D eigenvalue weighted by Gasteiger charge is 2.12. The summed E-state index contributed by atoms with van der Waals surface area (Å²) < 4.78 is 10.6. The van der Waals surface area contributed by atoms with Crippen molar-refractivity contribution in [3.8, 4) is 22.8 Å². The third-order valence-electron chi connectivity index (χ3n) is 3.56. The molecule has 0 aliphatic carbocycles. The molecule has 144 valence electrons. The molecule has 0 saturated heterocycles. The fourth-order valence-corrected chi connectivity index (χ4v) is 3.27. The lowest BCUT2D eigenvalue weighted by atomic mass is 10.2. The number of rotatable bonds is 8. The summed E-state index contributed by atoms with van der Waals surface area (Å²) in [4.78, 5) is 15.4. The Morgan fingerprint density at radius 2 is 2.14 bits per heavy atom. The molecular weight excluding hydrogens is 400 g/mol. The standard InChI is InChI=1S/C19H17ClN4O3S/c1-26-16-8-12(7-14(20)18(16)27-10-17(21)25)9-22-24-19-23-15(11-28-19)13-5-3-2-4-6-13/h2-9,11H,10H2,1H3,(H2,21,25)(H,23,24). The van der Waals surface area contributed by atoms with Crippen LogP contribution in [0.2, 0.25) is 5.02 Å². The van der Waals surface area contributed by atoms with Crippen LogP contribution in [-0.2, 0) is 4.79 Å². The molecule has 0 fully saturated rings. The Hall–Kier alpha value is -3.10. The zero-order valence-electron chi connectivity index (χ0n) is 14.9. The lowest BCUT2D eigenvalue weighted by Gasteiger charge is -2.12. The van der Waals surface area contributed by atoms with Gasteiger partial charge < -0.3 is 15.2 Å². The quantitative estimate of drug-likeness (QED) is 0.430. The summed E-state index contributed by atoms with van der Waals surface area (Å²) in [7, 11) is 1.47. The van der Waals surface area contributed by atoms with Crippen molar-refractivity contribution in [2.24, 2.45) is 10.8 Å². The van der Waals surface area contributed by atoms with Gasteiger partial charge >= 0.3 is 0 Å². The normalized spacial score (nSPS) is 10.8. The van der Waals surface area contributed by atoms with E-state index in [4.69, 9.17) is 26.8 Å². The van der Waals surface area contributed by atoms with E-state index in [-0.39, 0.29) is 17.4 Å². The van der Waals surface area contributed by atoms with Gasteiger partial charge in [-0.3, -0.25) is 10.2 Å². The highest BCUT2D eigenvalue weighted by Crippen LogP contribution is 2.36. The van der Waals surface area contributed by atoms with Gasteiger partial charge in [0.15, 0.2) is 18.1 Å². The van der Waals surface area contributed by atoms with E-state index in [0.29, 0.717) is 16.4 Å². The fourth-order valence-electron chi connectivity index (χ4n) is 2.33. The van der Waals surface area contributed by atoms with Gasteiger partial charge in [0.1, 0.15) is 0 Å². The molecule has 0 aliphatic rings. The first-order chi connectivity index (χ1) is 13.6.